The van der Waals surface area contributed by atoms with Crippen LogP contribution in [-0.4, -0.2) is 66.9 Å². The molecule has 40 heavy (non-hydrogen) atoms. The molecule has 1 atom stereocenters. The molecule has 0 spiro atoms. The number of likely N-dealkylation sites (N-methyl/N-ethyl adjacent to an activating group) is 2. The number of hydrogen-bond acceptors (Lipinski definition) is 8. The van der Waals surface area contributed by atoms with Gasteiger partial charge in [-0.2, -0.15) is 5.11 Å². The highest BCUT2D eigenvalue weighted by Gasteiger charge is 2.33. The number of aromatic nitrogens is 1. The standard InChI is InChI=1S/C30H37N7O3/c1-21-25-7-5-9-29(26(25)19-37(21)28(8-6-16-38)30(39)32-2)40-20-24(34-31)18-33-23-10-11-27-22(17-23)12-13-36(27)15-14-35(3)4/h5,7,9-13,16-18,28,31,33H,1,6,8,14-15,19-20H2,2-4H3,(H,32,39)/b24-18-,34-31?. The first kappa shape index (κ1) is 28.6. The van der Waals surface area contributed by atoms with E-state index in [1.807, 2.05) is 29.2 Å². The summed E-state index contributed by atoms with van der Waals surface area (Å²) < 4.78 is 8.34. The molecule has 1 unspecified atom stereocenters. The highest BCUT2D eigenvalue weighted by molar-refractivity contribution is 5.85. The van der Waals surface area contributed by atoms with Crippen LogP contribution in [0, 0.1) is 5.53 Å². The monoisotopic (exact) mass is 543 g/mol. The predicted molar refractivity (Wildman–Crippen MR) is 157 cm³/mol. The molecule has 1 amide bonds. The molecule has 10 nitrogen and oxygen atoms in total. The quantitative estimate of drug-likeness (QED) is 0.205. The van der Waals surface area contributed by atoms with Crippen molar-refractivity contribution < 1.29 is 14.3 Å². The molecule has 0 fully saturated rings. The fraction of sp³-hybridized carbons (Fsp3) is 0.333. The van der Waals surface area contributed by atoms with Gasteiger partial charge in [0.25, 0.3) is 0 Å². The number of carbonyl (C=O) groups is 2. The van der Waals surface area contributed by atoms with Gasteiger partial charge in [-0.3, -0.25) is 4.79 Å². The summed E-state index contributed by atoms with van der Waals surface area (Å²) in [6, 6.07) is 13.4. The molecule has 2 aromatic carbocycles. The van der Waals surface area contributed by atoms with E-state index >= 15 is 0 Å². The number of nitrogens with zero attached hydrogens (tertiary/aromatic N) is 4. The van der Waals surface area contributed by atoms with Crippen molar-refractivity contribution in [1.82, 2.24) is 19.7 Å². The first-order valence-corrected chi connectivity index (χ1v) is 13.3. The number of ether oxygens (including phenoxy) is 1. The Morgan fingerprint density at radius 3 is 2.83 bits per heavy atom. The minimum atomic E-state index is -0.506. The van der Waals surface area contributed by atoms with E-state index in [4.69, 9.17) is 10.3 Å². The number of amides is 1. The van der Waals surface area contributed by atoms with Gasteiger partial charge in [-0.1, -0.05) is 18.7 Å². The summed E-state index contributed by atoms with van der Waals surface area (Å²) >= 11 is 0. The van der Waals surface area contributed by atoms with Crippen LogP contribution in [0.25, 0.3) is 16.6 Å². The molecule has 1 aliphatic heterocycles. The molecular weight excluding hydrogens is 506 g/mol. The van der Waals surface area contributed by atoms with E-state index in [1.54, 1.807) is 13.2 Å². The molecule has 0 saturated heterocycles. The Kier molecular flexibility index (Phi) is 9.34. The summed E-state index contributed by atoms with van der Waals surface area (Å²) in [6.07, 6.45) is 5.27. The first-order chi connectivity index (χ1) is 19.4. The summed E-state index contributed by atoms with van der Waals surface area (Å²) in [7, 11) is 5.72. The smallest absolute Gasteiger partial charge is 0.242 e. The largest absolute Gasteiger partial charge is 0.487 e. The summed E-state index contributed by atoms with van der Waals surface area (Å²) in [4.78, 5) is 27.6. The molecule has 3 aromatic rings. The van der Waals surface area contributed by atoms with Gasteiger partial charge in [0.1, 0.15) is 30.4 Å². The lowest BCUT2D eigenvalue weighted by atomic mass is 10.1. The molecule has 1 aromatic heterocycles. The van der Waals surface area contributed by atoms with E-state index in [0.717, 1.165) is 41.6 Å². The highest BCUT2D eigenvalue weighted by Crippen LogP contribution is 2.39. The third-order valence-corrected chi connectivity index (χ3v) is 7.09. The Morgan fingerprint density at radius 2 is 2.10 bits per heavy atom. The minimum absolute atomic E-state index is 0.0899. The van der Waals surface area contributed by atoms with Crippen molar-refractivity contribution in [2.75, 3.05) is 39.6 Å². The fourth-order valence-corrected chi connectivity index (χ4v) is 4.89. The molecule has 4 rings (SSSR count). The summed E-state index contributed by atoms with van der Waals surface area (Å²) in [5.41, 5.74) is 12.7. The number of carbonyl (C=O) groups excluding carboxylic acids is 2. The Morgan fingerprint density at radius 1 is 1.27 bits per heavy atom. The number of benzene rings is 2. The molecule has 0 bridgehead atoms. The van der Waals surface area contributed by atoms with E-state index in [-0.39, 0.29) is 18.9 Å². The zero-order valence-corrected chi connectivity index (χ0v) is 23.3. The van der Waals surface area contributed by atoms with Crippen LogP contribution in [0.5, 0.6) is 5.75 Å². The number of hydrogen-bond donors (Lipinski definition) is 3. The maximum atomic E-state index is 12.6. The van der Waals surface area contributed by atoms with Crippen LogP contribution in [0.4, 0.5) is 5.69 Å². The Bertz CT molecular complexity index is 1430. The highest BCUT2D eigenvalue weighted by atomic mass is 16.5. The minimum Gasteiger partial charge on any atom is -0.487 e. The second-order valence-corrected chi connectivity index (χ2v) is 10.00. The van der Waals surface area contributed by atoms with E-state index in [9.17, 15) is 9.59 Å². The Balaban J connectivity index is 1.43. The topological polar surface area (TPSA) is 115 Å². The zero-order valence-electron chi connectivity index (χ0n) is 23.3. The van der Waals surface area contributed by atoms with E-state index < -0.39 is 6.04 Å². The third kappa shape index (κ3) is 6.40. The van der Waals surface area contributed by atoms with Crippen molar-refractivity contribution in [3.8, 4) is 5.75 Å². The third-order valence-electron chi connectivity index (χ3n) is 7.09. The van der Waals surface area contributed by atoms with Crippen molar-refractivity contribution in [3.63, 3.8) is 0 Å². The van der Waals surface area contributed by atoms with Crippen LogP contribution in [0.3, 0.4) is 0 Å². The molecule has 0 saturated carbocycles. The SMILES string of the molecule is C=C1c2cccc(OC/C(=C/Nc3ccc4c(ccn4CCN(C)C)c3)N=N)c2CN1C(CCC=O)C(=O)NC. The summed E-state index contributed by atoms with van der Waals surface area (Å²) in [5, 5.41) is 10.7. The second kappa shape index (κ2) is 13.1. The van der Waals surface area contributed by atoms with Gasteiger partial charge >= 0.3 is 0 Å². The van der Waals surface area contributed by atoms with Crippen LogP contribution in [0.15, 0.2) is 72.3 Å². The van der Waals surface area contributed by atoms with E-state index in [2.05, 4.69) is 70.3 Å². The van der Waals surface area contributed by atoms with Crippen molar-refractivity contribution in [2.24, 2.45) is 5.11 Å². The van der Waals surface area contributed by atoms with Crippen molar-refractivity contribution >= 4 is 34.5 Å². The average molecular weight is 544 g/mol. The van der Waals surface area contributed by atoms with E-state index in [0.29, 0.717) is 30.1 Å². The molecule has 0 radical (unpaired) electrons. The van der Waals surface area contributed by atoms with Gasteiger partial charge in [0.15, 0.2) is 0 Å². The molecule has 1 aliphatic rings. The number of aldehydes is 1. The molecule has 3 N–H and O–H groups in total. The normalized spacial score (nSPS) is 13.8. The molecule has 0 aliphatic carbocycles. The second-order valence-electron chi connectivity index (χ2n) is 10.00. The zero-order chi connectivity index (χ0) is 28.6. The number of rotatable bonds is 14. The average Bonchev–Trinajstić information content (AvgIpc) is 3.52. The van der Waals surface area contributed by atoms with Gasteiger partial charge < -0.3 is 34.5 Å². The molecule has 2 heterocycles. The van der Waals surface area contributed by atoms with Crippen LogP contribution >= 0.6 is 0 Å². The maximum absolute atomic E-state index is 12.6. The first-order valence-electron chi connectivity index (χ1n) is 13.3. The van der Waals surface area contributed by atoms with Crippen LogP contribution in [0.2, 0.25) is 0 Å². The lowest BCUT2D eigenvalue weighted by Crippen LogP contribution is -2.43. The van der Waals surface area contributed by atoms with Crippen LogP contribution in [0.1, 0.15) is 24.0 Å². The van der Waals surface area contributed by atoms with Crippen molar-refractivity contribution in [2.45, 2.75) is 32.0 Å². The van der Waals surface area contributed by atoms with Crippen molar-refractivity contribution in [3.05, 3.63) is 78.3 Å². The fourth-order valence-electron chi connectivity index (χ4n) is 4.89. The van der Waals surface area contributed by atoms with Crippen LogP contribution < -0.4 is 15.4 Å². The number of fused-ring (bicyclic) bond motifs is 2. The summed E-state index contributed by atoms with van der Waals surface area (Å²) in [5.74, 6) is 0.480. The van der Waals surface area contributed by atoms with E-state index in [1.165, 1.54) is 5.52 Å². The molecular formula is C30H37N7O3. The Labute approximate surface area is 234 Å². The van der Waals surface area contributed by atoms with Gasteiger partial charge in [-0.25, -0.2) is 5.53 Å². The number of anilines is 1. The predicted octanol–water partition coefficient (Wildman–Crippen LogP) is 4.45. The Hall–Kier alpha value is -4.44. The lowest BCUT2D eigenvalue weighted by molar-refractivity contribution is -0.125. The van der Waals surface area contributed by atoms with Gasteiger partial charge in [-0.05, 0) is 50.8 Å². The van der Waals surface area contributed by atoms with Gasteiger partial charge in [-0.15, -0.1) is 0 Å². The van der Waals surface area contributed by atoms with Crippen molar-refractivity contribution in [1.29, 1.82) is 5.53 Å². The number of nitrogens with one attached hydrogen (secondary N) is 3. The van der Waals surface area contributed by atoms with Crippen LogP contribution in [-0.2, 0) is 22.7 Å². The lowest BCUT2D eigenvalue weighted by Gasteiger charge is -2.28. The summed E-state index contributed by atoms with van der Waals surface area (Å²) in [6.45, 7) is 6.62. The maximum Gasteiger partial charge on any atom is 0.242 e. The molecule has 210 valence electrons. The molecule has 10 heteroatoms. The van der Waals surface area contributed by atoms with Gasteiger partial charge in [0.2, 0.25) is 5.91 Å². The van der Waals surface area contributed by atoms with Gasteiger partial charge in [0.05, 0.1) is 0 Å². The van der Waals surface area contributed by atoms with Gasteiger partial charge in [0, 0.05) is 78.9 Å².